The summed E-state index contributed by atoms with van der Waals surface area (Å²) in [5.41, 5.74) is 10.7. The second-order valence-corrected chi connectivity index (χ2v) is 4.76. The number of hydrogen-bond acceptors (Lipinski definition) is 2. The van der Waals surface area contributed by atoms with E-state index in [1.807, 2.05) is 16.8 Å². The molecule has 0 atom stereocenters. The van der Waals surface area contributed by atoms with E-state index in [1.165, 1.54) is 12.0 Å². The minimum Gasteiger partial charge on any atom is -0.383 e. The van der Waals surface area contributed by atoms with Gasteiger partial charge in [0.1, 0.15) is 5.82 Å². The molecular formula is C15H21N3. The number of aryl methyl sites for hydroxylation is 2. The predicted molar refractivity (Wildman–Crippen MR) is 76.1 cm³/mol. The van der Waals surface area contributed by atoms with Gasteiger partial charge in [0, 0.05) is 5.56 Å². The summed E-state index contributed by atoms with van der Waals surface area (Å²) in [5.74, 6) is 0.760. The van der Waals surface area contributed by atoms with E-state index in [-0.39, 0.29) is 0 Å². The molecule has 1 heterocycles. The van der Waals surface area contributed by atoms with Crippen molar-refractivity contribution in [2.24, 2.45) is 0 Å². The molecule has 96 valence electrons. The van der Waals surface area contributed by atoms with Gasteiger partial charge in [-0.25, -0.2) is 4.68 Å². The highest BCUT2D eigenvalue weighted by Gasteiger charge is 2.13. The lowest BCUT2D eigenvalue weighted by molar-refractivity contribution is 0.750. The molecule has 0 aliphatic carbocycles. The summed E-state index contributed by atoms with van der Waals surface area (Å²) in [6.07, 6.45) is 3.34. The summed E-state index contributed by atoms with van der Waals surface area (Å²) in [5, 5.41) is 4.67. The summed E-state index contributed by atoms with van der Waals surface area (Å²) in [6, 6.07) is 8.19. The molecule has 0 saturated heterocycles. The molecule has 3 heteroatoms. The van der Waals surface area contributed by atoms with E-state index in [9.17, 15) is 0 Å². The van der Waals surface area contributed by atoms with Crippen molar-refractivity contribution in [1.29, 1.82) is 0 Å². The van der Waals surface area contributed by atoms with Gasteiger partial charge >= 0.3 is 0 Å². The smallest absolute Gasteiger partial charge is 0.130 e. The molecule has 0 saturated carbocycles. The number of unbranched alkanes of at least 4 members (excludes halogenated alkanes) is 1. The zero-order valence-corrected chi connectivity index (χ0v) is 11.4. The lowest BCUT2D eigenvalue weighted by Gasteiger charge is -2.07. The summed E-state index contributed by atoms with van der Waals surface area (Å²) in [4.78, 5) is 0. The fraction of sp³-hybridized carbons (Fsp3) is 0.400. The van der Waals surface area contributed by atoms with E-state index < -0.39 is 0 Å². The van der Waals surface area contributed by atoms with Crippen molar-refractivity contribution in [3.05, 3.63) is 41.1 Å². The standard InChI is InChI=1S/C15H21N3/c1-4-5-9-13-12(3)15(16)18(17-13)14-10-7-6-8-11(14)2/h6-8,10H,4-5,9,16H2,1-3H3. The van der Waals surface area contributed by atoms with Gasteiger partial charge in [-0.15, -0.1) is 0 Å². The van der Waals surface area contributed by atoms with Crippen LogP contribution < -0.4 is 5.73 Å². The van der Waals surface area contributed by atoms with Crippen LogP contribution in [0.25, 0.3) is 5.69 Å². The zero-order chi connectivity index (χ0) is 13.1. The average molecular weight is 243 g/mol. The van der Waals surface area contributed by atoms with Crippen molar-refractivity contribution in [3.63, 3.8) is 0 Å². The molecule has 2 N–H and O–H groups in total. The molecule has 18 heavy (non-hydrogen) atoms. The molecular weight excluding hydrogens is 222 g/mol. The van der Waals surface area contributed by atoms with Crippen LogP contribution in [0.15, 0.2) is 24.3 Å². The molecule has 0 aliphatic rings. The summed E-state index contributed by atoms with van der Waals surface area (Å²) in [6.45, 7) is 6.33. The number of para-hydroxylation sites is 1. The number of hydrogen-bond donors (Lipinski definition) is 1. The fourth-order valence-corrected chi connectivity index (χ4v) is 2.12. The van der Waals surface area contributed by atoms with Crippen molar-refractivity contribution in [1.82, 2.24) is 9.78 Å². The topological polar surface area (TPSA) is 43.8 Å². The van der Waals surface area contributed by atoms with Crippen LogP contribution in [0.5, 0.6) is 0 Å². The second-order valence-electron chi connectivity index (χ2n) is 4.76. The first kappa shape index (κ1) is 12.7. The Morgan fingerprint density at radius 1 is 1.22 bits per heavy atom. The summed E-state index contributed by atoms with van der Waals surface area (Å²) in [7, 11) is 0. The minimum atomic E-state index is 0.760. The average Bonchev–Trinajstić information content (AvgIpc) is 2.65. The number of aromatic nitrogens is 2. The monoisotopic (exact) mass is 243 g/mol. The molecule has 0 unspecified atom stereocenters. The highest BCUT2D eigenvalue weighted by Crippen LogP contribution is 2.23. The molecule has 3 nitrogen and oxygen atoms in total. The van der Waals surface area contributed by atoms with Crippen molar-refractivity contribution in [2.75, 3.05) is 5.73 Å². The van der Waals surface area contributed by atoms with E-state index in [0.29, 0.717) is 0 Å². The Labute approximate surface area is 109 Å². The van der Waals surface area contributed by atoms with Crippen molar-refractivity contribution < 1.29 is 0 Å². The van der Waals surface area contributed by atoms with Gasteiger partial charge in [-0.3, -0.25) is 0 Å². The van der Waals surface area contributed by atoms with Gasteiger partial charge < -0.3 is 5.73 Å². The first-order chi connectivity index (χ1) is 8.65. The van der Waals surface area contributed by atoms with E-state index in [4.69, 9.17) is 5.73 Å². The van der Waals surface area contributed by atoms with Crippen LogP contribution in [0.2, 0.25) is 0 Å². The maximum atomic E-state index is 6.18. The molecule has 2 aromatic rings. The molecule has 0 bridgehead atoms. The molecule has 1 aromatic heterocycles. The normalized spacial score (nSPS) is 10.8. The molecule has 0 radical (unpaired) electrons. The van der Waals surface area contributed by atoms with Crippen LogP contribution in [0.3, 0.4) is 0 Å². The van der Waals surface area contributed by atoms with Gasteiger partial charge in [-0.1, -0.05) is 31.5 Å². The first-order valence-electron chi connectivity index (χ1n) is 6.55. The maximum Gasteiger partial charge on any atom is 0.130 e. The molecule has 0 spiro atoms. The van der Waals surface area contributed by atoms with Crippen LogP contribution in [-0.4, -0.2) is 9.78 Å². The number of nitrogens with zero attached hydrogens (tertiary/aromatic N) is 2. The predicted octanol–water partition coefficient (Wildman–Crippen LogP) is 3.41. The van der Waals surface area contributed by atoms with Crippen LogP contribution in [0.4, 0.5) is 5.82 Å². The number of nitrogens with two attached hydrogens (primary N) is 1. The Morgan fingerprint density at radius 2 is 1.94 bits per heavy atom. The Hall–Kier alpha value is -1.77. The van der Waals surface area contributed by atoms with Crippen LogP contribution >= 0.6 is 0 Å². The molecule has 2 rings (SSSR count). The Balaban J connectivity index is 2.43. The van der Waals surface area contributed by atoms with Gasteiger partial charge in [-0.05, 0) is 38.3 Å². The van der Waals surface area contributed by atoms with E-state index in [0.717, 1.165) is 35.6 Å². The number of anilines is 1. The van der Waals surface area contributed by atoms with Gasteiger partial charge in [0.05, 0.1) is 11.4 Å². The third-order valence-electron chi connectivity index (χ3n) is 3.38. The highest BCUT2D eigenvalue weighted by molar-refractivity contribution is 5.51. The van der Waals surface area contributed by atoms with E-state index in [1.54, 1.807) is 0 Å². The van der Waals surface area contributed by atoms with Crippen molar-refractivity contribution in [2.45, 2.75) is 40.0 Å². The van der Waals surface area contributed by atoms with Gasteiger partial charge in [0.25, 0.3) is 0 Å². The second kappa shape index (κ2) is 5.25. The molecule has 1 aromatic carbocycles. The lowest BCUT2D eigenvalue weighted by atomic mass is 10.1. The Bertz CT molecular complexity index is 541. The van der Waals surface area contributed by atoms with Gasteiger partial charge in [-0.2, -0.15) is 5.10 Å². The molecule has 0 fully saturated rings. The molecule has 0 aliphatic heterocycles. The summed E-state index contributed by atoms with van der Waals surface area (Å²) >= 11 is 0. The van der Waals surface area contributed by atoms with Crippen LogP contribution in [-0.2, 0) is 6.42 Å². The van der Waals surface area contributed by atoms with Crippen molar-refractivity contribution >= 4 is 5.82 Å². The summed E-state index contributed by atoms with van der Waals surface area (Å²) < 4.78 is 1.87. The maximum absolute atomic E-state index is 6.18. The SMILES string of the molecule is CCCCc1nn(-c2ccccc2C)c(N)c1C. The number of benzene rings is 1. The number of nitrogen functional groups attached to an aromatic ring is 1. The third-order valence-corrected chi connectivity index (χ3v) is 3.38. The fourth-order valence-electron chi connectivity index (χ4n) is 2.12. The van der Waals surface area contributed by atoms with E-state index in [2.05, 4.69) is 38.0 Å². The van der Waals surface area contributed by atoms with E-state index >= 15 is 0 Å². The van der Waals surface area contributed by atoms with Crippen molar-refractivity contribution in [3.8, 4) is 5.69 Å². The van der Waals surface area contributed by atoms with Crippen LogP contribution in [0.1, 0.15) is 36.6 Å². The highest BCUT2D eigenvalue weighted by atomic mass is 15.3. The Kier molecular flexibility index (Phi) is 3.70. The Morgan fingerprint density at radius 3 is 2.61 bits per heavy atom. The number of rotatable bonds is 4. The van der Waals surface area contributed by atoms with Gasteiger partial charge in [0.2, 0.25) is 0 Å². The third kappa shape index (κ3) is 2.26. The lowest BCUT2D eigenvalue weighted by Crippen LogP contribution is -2.04. The first-order valence-corrected chi connectivity index (χ1v) is 6.55. The van der Waals surface area contributed by atoms with Crippen LogP contribution in [0, 0.1) is 13.8 Å². The van der Waals surface area contributed by atoms with Gasteiger partial charge in [0.15, 0.2) is 0 Å². The molecule has 0 amide bonds. The minimum absolute atomic E-state index is 0.760. The largest absolute Gasteiger partial charge is 0.383 e. The quantitative estimate of drug-likeness (QED) is 0.894. The zero-order valence-electron chi connectivity index (χ0n) is 11.4.